The van der Waals surface area contributed by atoms with Gasteiger partial charge in [-0.3, -0.25) is 14.3 Å². The van der Waals surface area contributed by atoms with E-state index in [2.05, 4.69) is 27.7 Å². The second kappa shape index (κ2) is 7.66. The van der Waals surface area contributed by atoms with Gasteiger partial charge in [-0.25, -0.2) is 0 Å². The average Bonchev–Trinajstić information content (AvgIpc) is 3.23. The van der Waals surface area contributed by atoms with E-state index >= 15 is 0 Å². The van der Waals surface area contributed by atoms with Crippen LogP contribution in [0.2, 0.25) is 0 Å². The molecule has 2 unspecified atom stereocenters. The molecule has 1 aliphatic carbocycles. The molecule has 6 rings (SSSR count). The first-order valence-corrected chi connectivity index (χ1v) is 11.1. The lowest BCUT2D eigenvalue weighted by Crippen LogP contribution is -2.27. The molecule has 1 N–H and O–H groups in total. The number of halogens is 3. The number of nitrogens with zero attached hydrogens (tertiary/aromatic N) is 3. The van der Waals surface area contributed by atoms with E-state index in [0.29, 0.717) is 21.8 Å². The molecule has 4 aromatic rings. The number of fused-ring (bicyclic) bond motifs is 4. The summed E-state index contributed by atoms with van der Waals surface area (Å²) in [5.41, 5.74) is 6.12. The van der Waals surface area contributed by atoms with Crippen molar-refractivity contribution in [2.45, 2.75) is 19.1 Å². The van der Waals surface area contributed by atoms with Gasteiger partial charge in [0.15, 0.2) is 0 Å². The number of hydrogen-bond acceptors (Lipinski definition) is 4. The summed E-state index contributed by atoms with van der Waals surface area (Å²) in [6.45, 7) is 1.98. The highest BCUT2D eigenvalue weighted by Crippen LogP contribution is 2.34. The van der Waals surface area contributed by atoms with Crippen LogP contribution < -0.4 is 11.0 Å². The van der Waals surface area contributed by atoms with E-state index in [0.717, 1.165) is 29.0 Å². The summed E-state index contributed by atoms with van der Waals surface area (Å²) >= 11 is 0. The Balaban J connectivity index is 1.59. The molecule has 2 aliphatic rings. The molecule has 1 aliphatic heterocycles. The fourth-order valence-electron chi connectivity index (χ4n) is 4.80. The van der Waals surface area contributed by atoms with Crippen molar-refractivity contribution in [3.05, 3.63) is 101 Å². The number of pyridine rings is 2. The maximum absolute atomic E-state index is 13.4. The highest BCUT2D eigenvalue weighted by Gasteiger charge is 2.31. The summed E-state index contributed by atoms with van der Waals surface area (Å²) in [5.74, 6) is 0.152. The van der Waals surface area contributed by atoms with Gasteiger partial charge in [0.2, 0.25) is 0 Å². The van der Waals surface area contributed by atoms with Gasteiger partial charge in [-0.2, -0.15) is 18.3 Å². The van der Waals surface area contributed by atoms with Crippen LogP contribution in [0.3, 0.4) is 0 Å². The fourth-order valence-corrected chi connectivity index (χ4v) is 4.80. The van der Waals surface area contributed by atoms with E-state index in [9.17, 15) is 18.0 Å². The smallest absolute Gasteiger partial charge is 0.302 e. The highest BCUT2D eigenvalue weighted by atomic mass is 19.4. The molecule has 5 nitrogen and oxygen atoms in total. The Labute approximate surface area is 197 Å². The lowest BCUT2D eigenvalue weighted by Gasteiger charge is -2.19. The van der Waals surface area contributed by atoms with Crippen LogP contribution in [0.15, 0.2) is 88.9 Å². The van der Waals surface area contributed by atoms with Crippen molar-refractivity contribution >= 4 is 33.1 Å². The first-order chi connectivity index (χ1) is 16.8. The number of benzene rings is 2. The Kier molecular flexibility index (Phi) is 4.67. The van der Waals surface area contributed by atoms with Gasteiger partial charge in [0, 0.05) is 40.4 Å². The van der Waals surface area contributed by atoms with Crippen LogP contribution in [0, 0.1) is 5.92 Å². The van der Waals surface area contributed by atoms with Crippen LogP contribution in [0.5, 0.6) is 0 Å². The van der Waals surface area contributed by atoms with Gasteiger partial charge in [-0.05, 0) is 54.5 Å². The van der Waals surface area contributed by atoms with Crippen molar-refractivity contribution < 1.29 is 13.2 Å². The number of alkyl halides is 3. The largest absolute Gasteiger partial charge is 0.416 e. The van der Waals surface area contributed by atoms with Crippen LogP contribution in [-0.4, -0.2) is 21.3 Å². The molecule has 0 spiro atoms. The first kappa shape index (κ1) is 21.3. The maximum Gasteiger partial charge on any atom is 0.416 e. The number of nitrogens with one attached hydrogen (secondary N) is 1. The van der Waals surface area contributed by atoms with Gasteiger partial charge < -0.3 is 5.43 Å². The van der Waals surface area contributed by atoms with Gasteiger partial charge in [0.05, 0.1) is 22.6 Å². The molecule has 0 bridgehead atoms. The Morgan fingerprint density at radius 2 is 1.91 bits per heavy atom. The predicted octanol–water partition coefficient (Wildman–Crippen LogP) is 5.47. The number of allylic oxidation sites excluding steroid dienone is 2. The lowest BCUT2D eigenvalue weighted by atomic mass is 9.87. The summed E-state index contributed by atoms with van der Waals surface area (Å²) in [6.07, 6.45) is 3.37. The summed E-state index contributed by atoms with van der Waals surface area (Å²) < 4.78 is 41.6. The van der Waals surface area contributed by atoms with Crippen molar-refractivity contribution in [1.29, 1.82) is 0 Å². The normalized spacial score (nSPS) is 19.4. The first-order valence-electron chi connectivity index (χ1n) is 11.1. The second-order valence-electron chi connectivity index (χ2n) is 8.76. The topological polar surface area (TPSA) is 59.3 Å². The van der Waals surface area contributed by atoms with Gasteiger partial charge in [-0.15, -0.1) is 0 Å². The third kappa shape index (κ3) is 3.53. The summed E-state index contributed by atoms with van der Waals surface area (Å²) in [4.78, 5) is 17.5. The van der Waals surface area contributed by atoms with E-state index in [1.54, 1.807) is 12.3 Å². The average molecular weight is 472 g/mol. The Bertz CT molecular complexity index is 1660. The van der Waals surface area contributed by atoms with Crippen LogP contribution in [0.25, 0.3) is 33.1 Å². The molecular weight excluding hydrogens is 453 g/mol. The van der Waals surface area contributed by atoms with Gasteiger partial charge in [0.1, 0.15) is 0 Å². The monoisotopic (exact) mass is 472 g/mol. The number of aromatic nitrogens is 2. The third-order valence-corrected chi connectivity index (χ3v) is 6.58. The molecule has 0 fully saturated rings. The van der Waals surface area contributed by atoms with E-state index in [-0.39, 0.29) is 17.6 Å². The molecule has 0 radical (unpaired) electrons. The lowest BCUT2D eigenvalue weighted by molar-refractivity contribution is -0.137. The minimum Gasteiger partial charge on any atom is -0.302 e. The zero-order chi connectivity index (χ0) is 24.3. The SMILES string of the molecule is CC1=NNC2C=CC(c3ccc4ncc5ccc(=O)n(-c6cccc(C(F)(F)F)c6)c5c4c3)=CC12. The molecule has 174 valence electrons. The molecule has 2 aromatic heterocycles. The van der Waals surface area contributed by atoms with Crippen molar-refractivity contribution in [2.75, 3.05) is 0 Å². The Morgan fingerprint density at radius 3 is 2.74 bits per heavy atom. The quantitative estimate of drug-likeness (QED) is 0.394. The van der Waals surface area contributed by atoms with Crippen LogP contribution in [-0.2, 0) is 6.18 Å². The minimum absolute atomic E-state index is 0.132. The number of hydrogen-bond donors (Lipinski definition) is 1. The number of hydrazone groups is 1. The van der Waals surface area contributed by atoms with E-state index < -0.39 is 17.3 Å². The van der Waals surface area contributed by atoms with E-state index in [1.807, 2.05) is 31.2 Å². The molecule has 35 heavy (non-hydrogen) atoms. The van der Waals surface area contributed by atoms with Gasteiger partial charge >= 0.3 is 6.18 Å². The van der Waals surface area contributed by atoms with E-state index in [1.165, 1.54) is 22.8 Å². The van der Waals surface area contributed by atoms with Crippen molar-refractivity contribution in [3.8, 4) is 5.69 Å². The second-order valence-corrected chi connectivity index (χ2v) is 8.76. The van der Waals surface area contributed by atoms with Crippen LogP contribution in [0.4, 0.5) is 13.2 Å². The van der Waals surface area contributed by atoms with E-state index in [4.69, 9.17) is 0 Å². The summed E-state index contributed by atoms with van der Waals surface area (Å²) in [7, 11) is 0. The Morgan fingerprint density at radius 1 is 1.06 bits per heavy atom. The molecule has 0 saturated heterocycles. The molecule has 0 amide bonds. The molecule has 8 heteroatoms. The highest BCUT2D eigenvalue weighted by molar-refractivity contribution is 6.05. The fraction of sp³-hybridized carbons (Fsp3) is 0.148. The van der Waals surface area contributed by atoms with Gasteiger partial charge in [0.25, 0.3) is 5.56 Å². The minimum atomic E-state index is -4.52. The predicted molar refractivity (Wildman–Crippen MR) is 130 cm³/mol. The van der Waals surface area contributed by atoms with Crippen molar-refractivity contribution in [2.24, 2.45) is 11.0 Å². The number of rotatable bonds is 2. The zero-order valence-electron chi connectivity index (χ0n) is 18.5. The molecular formula is C27H19F3N4O. The molecule has 0 saturated carbocycles. The maximum atomic E-state index is 13.4. The molecule has 2 atom stereocenters. The van der Waals surface area contributed by atoms with Crippen LogP contribution in [0.1, 0.15) is 18.1 Å². The zero-order valence-corrected chi connectivity index (χ0v) is 18.5. The Hall–Kier alpha value is -4.20. The summed E-state index contributed by atoms with van der Waals surface area (Å²) in [6, 6.07) is 13.7. The van der Waals surface area contributed by atoms with Gasteiger partial charge in [-0.1, -0.05) is 30.4 Å². The molecule has 3 heterocycles. The van der Waals surface area contributed by atoms with Crippen LogP contribution >= 0.6 is 0 Å². The van der Waals surface area contributed by atoms with Crippen molar-refractivity contribution in [3.63, 3.8) is 0 Å². The third-order valence-electron chi connectivity index (χ3n) is 6.58. The van der Waals surface area contributed by atoms with Crippen molar-refractivity contribution in [1.82, 2.24) is 15.0 Å². The standard InChI is InChI=1S/C27H19F3N4O/c1-15-21-11-16(6-9-24(21)33-32-15)17-5-8-23-22(12-17)26-18(14-31-23)7-10-25(35)34(26)20-4-2-3-19(13-20)27(28,29)30/h2-14,21,24,33H,1H3. The summed E-state index contributed by atoms with van der Waals surface area (Å²) in [5, 5.41) is 5.66. The molecule has 2 aromatic carbocycles.